The van der Waals surface area contributed by atoms with Gasteiger partial charge in [0.1, 0.15) is 0 Å². The van der Waals surface area contributed by atoms with Crippen molar-refractivity contribution >= 4 is 5.97 Å². The molecule has 1 unspecified atom stereocenters. The summed E-state index contributed by atoms with van der Waals surface area (Å²) in [4.78, 5) is 10.9. The Morgan fingerprint density at radius 2 is 2.00 bits per heavy atom. The summed E-state index contributed by atoms with van der Waals surface area (Å²) in [7, 11) is 0. The maximum atomic E-state index is 11.7. The minimum Gasteiger partial charge on any atom is -0.464 e. The summed E-state index contributed by atoms with van der Waals surface area (Å²) < 4.78 is 44.2. The zero-order valence-electron chi connectivity index (χ0n) is 8.06. The van der Waals surface area contributed by atoms with Gasteiger partial charge in [-0.15, -0.1) is 0 Å². The van der Waals surface area contributed by atoms with Crippen molar-refractivity contribution in [3.63, 3.8) is 0 Å². The van der Waals surface area contributed by atoms with Crippen molar-refractivity contribution in [2.45, 2.75) is 32.5 Å². The molecule has 0 spiro atoms. The molecule has 0 heterocycles. The van der Waals surface area contributed by atoms with Crippen molar-refractivity contribution < 1.29 is 27.4 Å². The molecule has 0 aromatic rings. The van der Waals surface area contributed by atoms with E-state index in [9.17, 15) is 18.0 Å². The second kappa shape index (κ2) is 5.85. The highest BCUT2D eigenvalue weighted by atomic mass is 19.4. The van der Waals surface area contributed by atoms with E-state index in [1.54, 1.807) is 6.92 Å². The Hall–Kier alpha value is -0.780. The van der Waals surface area contributed by atoms with E-state index < -0.39 is 31.3 Å². The third kappa shape index (κ3) is 6.71. The molecule has 0 aromatic carbocycles. The minimum atomic E-state index is -4.26. The number of esters is 1. The van der Waals surface area contributed by atoms with Gasteiger partial charge in [0, 0.05) is 0 Å². The van der Waals surface area contributed by atoms with E-state index in [-0.39, 0.29) is 6.61 Å². The lowest BCUT2D eigenvalue weighted by Crippen LogP contribution is -2.25. The molecule has 0 saturated heterocycles. The monoisotopic (exact) mass is 214 g/mol. The molecule has 0 saturated carbocycles. The number of hydrogen-bond donors (Lipinski definition) is 0. The molecule has 0 aliphatic rings. The largest absolute Gasteiger partial charge is 0.464 e. The van der Waals surface area contributed by atoms with Gasteiger partial charge in [-0.3, -0.25) is 0 Å². The Balaban J connectivity index is 3.63. The summed E-state index contributed by atoms with van der Waals surface area (Å²) in [6, 6.07) is 0. The summed E-state index contributed by atoms with van der Waals surface area (Å²) in [5.41, 5.74) is 0. The highest BCUT2D eigenvalue weighted by molar-refractivity contribution is 5.74. The summed E-state index contributed by atoms with van der Waals surface area (Å²) in [5.74, 6) is -0.644. The predicted molar refractivity (Wildman–Crippen MR) is 42.7 cm³/mol. The van der Waals surface area contributed by atoms with Crippen LogP contribution >= 0.6 is 0 Å². The lowest BCUT2D eigenvalue weighted by molar-refractivity contribution is -0.165. The normalized spacial score (nSPS) is 13.8. The predicted octanol–water partition coefficient (Wildman–Crippen LogP) is 1.91. The van der Waals surface area contributed by atoms with Gasteiger partial charge in [-0.25, -0.2) is 4.79 Å². The fourth-order valence-electron chi connectivity index (χ4n) is 0.679. The van der Waals surface area contributed by atoms with Crippen LogP contribution in [0.2, 0.25) is 0 Å². The first-order valence-corrected chi connectivity index (χ1v) is 4.21. The molecule has 14 heavy (non-hydrogen) atoms. The van der Waals surface area contributed by atoms with E-state index in [0.29, 0.717) is 0 Å². The Morgan fingerprint density at radius 1 is 1.43 bits per heavy atom. The van der Waals surface area contributed by atoms with Gasteiger partial charge in [0.15, 0.2) is 6.10 Å². The highest BCUT2D eigenvalue weighted by Crippen LogP contribution is 2.19. The lowest BCUT2D eigenvalue weighted by Gasteiger charge is -2.12. The van der Waals surface area contributed by atoms with Crippen molar-refractivity contribution in [2.24, 2.45) is 0 Å². The number of carbonyl (C=O) groups excluding carboxylic acids is 1. The molecule has 0 fully saturated rings. The first kappa shape index (κ1) is 13.2. The molecule has 0 bridgehead atoms. The van der Waals surface area contributed by atoms with E-state index in [0.717, 1.165) is 0 Å². The van der Waals surface area contributed by atoms with Gasteiger partial charge >= 0.3 is 12.1 Å². The van der Waals surface area contributed by atoms with E-state index in [2.05, 4.69) is 9.47 Å². The van der Waals surface area contributed by atoms with Gasteiger partial charge < -0.3 is 9.47 Å². The Kier molecular flexibility index (Phi) is 5.52. The second-order valence-electron chi connectivity index (χ2n) is 2.63. The van der Waals surface area contributed by atoms with Crippen molar-refractivity contribution in [1.82, 2.24) is 0 Å². The van der Waals surface area contributed by atoms with Crippen LogP contribution in [0.4, 0.5) is 13.2 Å². The molecule has 84 valence electrons. The van der Waals surface area contributed by atoms with Crippen LogP contribution in [0.25, 0.3) is 0 Å². The third-order valence-corrected chi connectivity index (χ3v) is 1.37. The zero-order valence-corrected chi connectivity index (χ0v) is 8.06. The summed E-state index contributed by atoms with van der Waals surface area (Å²) in [6.07, 6.45) is -6.26. The van der Waals surface area contributed by atoms with Crippen LogP contribution < -0.4 is 0 Å². The van der Waals surface area contributed by atoms with Gasteiger partial charge in [0.25, 0.3) is 0 Å². The van der Waals surface area contributed by atoms with E-state index in [1.807, 2.05) is 0 Å². The topological polar surface area (TPSA) is 35.5 Å². The van der Waals surface area contributed by atoms with Crippen molar-refractivity contribution in [2.75, 3.05) is 13.2 Å². The summed E-state index contributed by atoms with van der Waals surface area (Å²) in [5, 5.41) is 0. The average molecular weight is 214 g/mol. The lowest BCUT2D eigenvalue weighted by atomic mass is 10.4. The molecule has 0 aromatic heterocycles. The number of alkyl halides is 3. The van der Waals surface area contributed by atoms with Gasteiger partial charge in [-0.1, -0.05) is 0 Å². The van der Waals surface area contributed by atoms with Crippen molar-refractivity contribution in [1.29, 1.82) is 0 Å². The van der Waals surface area contributed by atoms with Crippen LogP contribution in [0.15, 0.2) is 0 Å². The molecule has 0 aliphatic heterocycles. The molecule has 0 amide bonds. The number of carbonyl (C=O) groups is 1. The SMILES string of the molecule is CCOC(=O)C(C)OCCC(F)(F)F. The molecule has 0 rings (SSSR count). The maximum absolute atomic E-state index is 11.7. The molecule has 6 heteroatoms. The first-order valence-electron chi connectivity index (χ1n) is 4.21. The van der Waals surface area contributed by atoms with Crippen LogP contribution in [0, 0.1) is 0 Å². The molecule has 0 radical (unpaired) electrons. The molecule has 1 atom stereocenters. The summed E-state index contributed by atoms with van der Waals surface area (Å²) >= 11 is 0. The number of halogens is 3. The van der Waals surface area contributed by atoms with Crippen LogP contribution in [0.1, 0.15) is 20.3 Å². The van der Waals surface area contributed by atoms with Gasteiger partial charge in [0.2, 0.25) is 0 Å². The zero-order chi connectivity index (χ0) is 11.2. The molecular weight excluding hydrogens is 201 g/mol. The van der Waals surface area contributed by atoms with E-state index in [4.69, 9.17) is 0 Å². The Bertz CT molecular complexity index is 179. The number of hydrogen-bond acceptors (Lipinski definition) is 3. The van der Waals surface area contributed by atoms with Gasteiger partial charge in [0.05, 0.1) is 19.6 Å². The van der Waals surface area contributed by atoms with Gasteiger partial charge in [-0.05, 0) is 13.8 Å². The minimum absolute atomic E-state index is 0.186. The highest BCUT2D eigenvalue weighted by Gasteiger charge is 2.27. The number of rotatable bonds is 5. The average Bonchev–Trinajstić information content (AvgIpc) is 2.02. The fourth-order valence-corrected chi connectivity index (χ4v) is 0.679. The Labute approximate surface area is 80.2 Å². The first-order chi connectivity index (χ1) is 6.37. The molecule has 0 N–H and O–H groups in total. The molecule has 3 nitrogen and oxygen atoms in total. The van der Waals surface area contributed by atoms with Crippen LogP contribution in [-0.2, 0) is 14.3 Å². The maximum Gasteiger partial charge on any atom is 0.391 e. The molecular formula is C8H13F3O3. The van der Waals surface area contributed by atoms with E-state index >= 15 is 0 Å². The fraction of sp³-hybridized carbons (Fsp3) is 0.875. The Morgan fingerprint density at radius 3 is 2.43 bits per heavy atom. The van der Waals surface area contributed by atoms with Crippen LogP contribution in [0.5, 0.6) is 0 Å². The standard InChI is InChI=1S/C8H13F3O3/c1-3-13-7(12)6(2)14-5-4-8(9,10)11/h6H,3-5H2,1-2H3. The molecule has 0 aliphatic carbocycles. The third-order valence-electron chi connectivity index (χ3n) is 1.37. The quantitative estimate of drug-likeness (QED) is 0.656. The number of ether oxygens (including phenoxy) is 2. The van der Waals surface area contributed by atoms with Gasteiger partial charge in [-0.2, -0.15) is 13.2 Å². The smallest absolute Gasteiger partial charge is 0.391 e. The summed E-state index contributed by atoms with van der Waals surface area (Å²) in [6.45, 7) is 2.63. The second-order valence-corrected chi connectivity index (χ2v) is 2.63. The van der Waals surface area contributed by atoms with Crippen LogP contribution in [-0.4, -0.2) is 31.5 Å². The van der Waals surface area contributed by atoms with E-state index in [1.165, 1.54) is 6.92 Å². The van der Waals surface area contributed by atoms with Crippen molar-refractivity contribution in [3.05, 3.63) is 0 Å². The van der Waals surface area contributed by atoms with Crippen molar-refractivity contribution in [3.8, 4) is 0 Å². The van der Waals surface area contributed by atoms with Crippen LogP contribution in [0.3, 0.4) is 0 Å².